The summed E-state index contributed by atoms with van der Waals surface area (Å²) >= 11 is 11.7. The molecule has 1 aliphatic carbocycles. The maximum atomic E-state index is 12.2. The Morgan fingerprint density at radius 1 is 0.815 bits per heavy atom. The predicted octanol–water partition coefficient (Wildman–Crippen LogP) is 5.96. The Bertz CT molecular complexity index is 2510. The molecule has 4 aromatic heterocycles. The van der Waals surface area contributed by atoms with Gasteiger partial charge in [0.1, 0.15) is 54.1 Å². The molecule has 0 spiro atoms. The summed E-state index contributed by atoms with van der Waals surface area (Å²) in [6, 6.07) is 0. The molecule has 0 amide bonds. The number of nitrogens with one attached hydrogen (secondary N) is 1. The number of aliphatic hydroxyl groups is 1. The first-order chi connectivity index (χ1) is 30.3. The molecule has 4 aliphatic rings. The highest BCUT2D eigenvalue weighted by molar-refractivity contribution is 8.07. The van der Waals surface area contributed by atoms with E-state index in [-0.39, 0.29) is 59.4 Å². The quantitative estimate of drug-likeness (QED) is 0.0958. The molecule has 7 heterocycles. The van der Waals surface area contributed by atoms with Crippen molar-refractivity contribution in [2.24, 2.45) is 0 Å². The molecule has 3 aliphatic heterocycles. The highest BCUT2D eigenvalue weighted by Gasteiger charge is 2.57. The fourth-order valence-electron chi connectivity index (χ4n) is 8.16. The molecule has 2 bridgehead atoms. The van der Waals surface area contributed by atoms with Crippen molar-refractivity contribution < 1.29 is 51.3 Å². The van der Waals surface area contributed by atoms with Crippen LogP contribution in [0.15, 0.2) is 18.9 Å². The summed E-state index contributed by atoms with van der Waals surface area (Å²) in [6.45, 7) is 12.0. The SMILES string of the molecule is CC(C)(C)[Si](C)(C)O[C@@H]1[C@@H]2OP(O)(=S)OC[C@H]3O[C@@H](n4cnc5c(N)nc(NCCO)nc54)[C@H](OP(O)(=S)OC[C@H]2O[C@H]1n1cc2c4c(ncnc41)CCCC2)[C@@H]3O[Si](C)(C)C(C)(C)C. The van der Waals surface area contributed by atoms with Crippen molar-refractivity contribution in [2.45, 2.75) is 153 Å². The van der Waals surface area contributed by atoms with Gasteiger partial charge in [0.15, 0.2) is 40.6 Å². The van der Waals surface area contributed by atoms with Crippen molar-refractivity contribution in [3.05, 3.63) is 30.1 Å². The van der Waals surface area contributed by atoms with Gasteiger partial charge in [0.05, 0.1) is 31.8 Å². The van der Waals surface area contributed by atoms with Gasteiger partial charge in [-0.2, -0.15) is 9.97 Å². The summed E-state index contributed by atoms with van der Waals surface area (Å²) in [5.41, 5.74) is 9.64. The van der Waals surface area contributed by atoms with Crippen molar-refractivity contribution in [3.63, 3.8) is 0 Å². The number of anilines is 2. The van der Waals surface area contributed by atoms with Crippen LogP contribution in [0.25, 0.3) is 22.2 Å². The number of hydrogen-bond acceptors (Lipinski definition) is 18. The number of ether oxygens (including phenoxy) is 2. The second-order valence-corrected chi connectivity index (χ2v) is 35.3. The maximum absolute atomic E-state index is 12.2. The standard InChI is InChI=1S/C39H63N9O11P2S2Si2/c1-38(2,3)64(7,8)58-29-25-19-53-60(50,62)56-28-24(18-52-61(51,63)57-30(29)35(55-25)48-21-44-27-32(40)45-37(41-15-16-49)46-34(27)48)54-36(31(28)59-65(9,10)39(4,5)6)47-17-22-13-11-12-14-23-26(22)33(47)43-20-42-23/h17,20-21,24-25,28-31,35-36,49H,11-16,18-19H2,1-10H3,(H,50,62)(H,51,63)(H3,40,41,45,46)/t24-,25-,28-,29-,30-,31-,35-,36-,60?,61?/m1/s1. The first-order valence-electron chi connectivity index (χ1n) is 22.0. The molecule has 0 saturated carbocycles. The van der Waals surface area contributed by atoms with Gasteiger partial charge in [-0.3, -0.25) is 13.6 Å². The lowest BCUT2D eigenvalue weighted by atomic mass is 10.1. The van der Waals surface area contributed by atoms with Crippen LogP contribution in [0.5, 0.6) is 0 Å². The molecule has 4 aromatic rings. The van der Waals surface area contributed by atoms with Crippen LogP contribution in [0.4, 0.5) is 11.8 Å². The van der Waals surface area contributed by atoms with E-state index >= 15 is 0 Å². The van der Waals surface area contributed by atoms with E-state index in [1.165, 1.54) is 6.33 Å². The van der Waals surface area contributed by atoms with E-state index in [1.54, 1.807) is 10.9 Å². The fraction of sp³-hybridized carbons (Fsp3) is 0.718. The number of aliphatic hydroxyl groups excluding tert-OH is 1. The Morgan fingerprint density at radius 2 is 1.43 bits per heavy atom. The third-order valence-corrected chi connectivity index (χ3v) is 25.7. The minimum Gasteiger partial charge on any atom is -0.408 e. The zero-order valence-corrected chi connectivity index (χ0v) is 44.0. The summed E-state index contributed by atoms with van der Waals surface area (Å²) in [7, 11) is -5.29. The van der Waals surface area contributed by atoms with E-state index in [0.717, 1.165) is 42.3 Å². The number of nitrogen functional groups attached to an aromatic ring is 1. The number of nitrogens with zero attached hydrogens (tertiary/aromatic N) is 7. The second-order valence-electron chi connectivity index (χ2n) is 20.2. The van der Waals surface area contributed by atoms with Gasteiger partial charge in [-0.1, -0.05) is 41.5 Å². The van der Waals surface area contributed by atoms with Crippen LogP contribution in [0, 0.1) is 0 Å². The average Bonchev–Trinajstić information content (AvgIpc) is 3.92. The Labute approximate surface area is 391 Å². The minimum absolute atomic E-state index is 0.0787. The lowest BCUT2D eigenvalue weighted by Gasteiger charge is -2.41. The van der Waals surface area contributed by atoms with Crippen LogP contribution in [-0.4, -0.2) is 129 Å². The second kappa shape index (κ2) is 18.1. The van der Waals surface area contributed by atoms with Gasteiger partial charge in [-0.15, -0.1) is 0 Å². The summed E-state index contributed by atoms with van der Waals surface area (Å²) in [5.74, 6) is 0.224. The first kappa shape index (κ1) is 49.5. The smallest absolute Gasteiger partial charge is 0.325 e. The zero-order chi connectivity index (χ0) is 47.1. The molecule has 26 heteroatoms. The van der Waals surface area contributed by atoms with Gasteiger partial charge >= 0.3 is 13.4 Å². The molecule has 65 heavy (non-hydrogen) atoms. The van der Waals surface area contributed by atoms with Gasteiger partial charge in [0.25, 0.3) is 0 Å². The van der Waals surface area contributed by atoms with Crippen LogP contribution in [0.1, 0.15) is 78.1 Å². The van der Waals surface area contributed by atoms with E-state index in [2.05, 4.69) is 93.0 Å². The number of imidazole rings is 1. The molecule has 20 nitrogen and oxygen atoms in total. The molecular weight excluding hydrogens is 953 g/mol. The summed E-state index contributed by atoms with van der Waals surface area (Å²) in [5, 5.41) is 12.9. The van der Waals surface area contributed by atoms with Crippen molar-refractivity contribution in [1.82, 2.24) is 34.1 Å². The third kappa shape index (κ3) is 9.94. The molecule has 8 rings (SSSR count). The Kier molecular flexibility index (Phi) is 13.8. The predicted molar refractivity (Wildman–Crippen MR) is 256 cm³/mol. The normalized spacial score (nSPS) is 31.9. The minimum atomic E-state index is -4.24. The largest absolute Gasteiger partial charge is 0.408 e. The molecule has 6 N–H and O–H groups in total. The van der Waals surface area contributed by atoms with E-state index in [9.17, 15) is 14.9 Å². The molecule has 2 unspecified atom stereocenters. The summed E-state index contributed by atoms with van der Waals surface area (Å²) < 4.78 is 57.2. The number of aromatic nitrogens is 7. The van der Waals surface area contributed by atoms with Gasteiger partial charge in [-0.05, 0) is 91.1 Å². The van der Waals surface area contributed by atoms with Gasteiger partial charge < -0.3 is 57.9 Å². The fourth-order valence-corrected chi connectivity index (χ4v) is 13.6. The van der Waals surface area contributed by atoms with Crippen LogP contribution < -0.4 is 11.1 Å². The van der Waals surface area contributed by atoms with Crippen molar-refractivity contribution in [1.29, 1.82) is 0 Å². The summed E-state index contributed by atoms with van der Waals surface area (Å²) in [6.07, 6.45) is 0.796. The molecule has 0 aromatic carbocycles. The van der Waals surface area contributed by atoms with E-state index in [1.807, 2.05) is 10.8 Å². The van der Waals surface area contributed by atoms with E-state index in [0.29, 0.717) is 5.65 Å². The molecule has 3 fully saturated rings. The molecule has 0 radical (unpaired) electrons. The number of aryl methyl sites for hydroxylation is 2. The van der Waals surface area contributed by atoms with Gasteiger partial charge in [-0.25, -0.2) is 15.0 Å². The van der Waals surface area contributed by atoms with Crippen molar-refractivity contribution >= 4 is 87.6 Å². The topological polar surface area (TPSA) is 247 Å². The Morgan fingerprint density at radius 3 is 2.09 bits per heavy atom. The lowest BCUT2D eigenvalue weighted by molar-refractivity contribution is -0.0604. The number of nitrogens with two attached hydrogens (primary N) is 1. The maximum Gasteiger partial charge on any atom is 0.325 e. The highest BCUT2D eigenvalue weighted by Crippen LogP contribution is 2.56. The van der Waals surface area contributed by atoms with E-state index in [4.69, 9.17) is 70.8 Å². The molecule has 360 valence electrons. The van der Waals surface area contributed by atoms with E-state index < -0.39 is 79.2 Å². The Hall–Kier alpha value is -1.94. The summed E-state index contributed by atoms with van der Waals surface area (Å²) in [4.78, 5) is 47.2. The molecule has 3 saturated heterocycles. The lowest BCUT2D eigenvalue weighted by Crippen LogP contribution is -2.50. The zero-order valence-electron chi connectivity index (χ0n) is 38.5. The third-order valence-electron chi connectivity index (χ3n) is 13.6. The van der Waals surface area contributed by atoms with Crippen LogP contribution >= 0.6 is 13.4 Å². The Balaban J connectivity index is 1.21. The first-order valence-corrected chi connectivity index (χ1v) is 33.0. The monoisotopic (exact) mass is 1020 g/mol. The van der Waals surface area contributed by atoms with Crippen molar-refractivity contribution in [2.75, 3.05) is 37.4 Å². The molecule has 10 atom stereocenters. The van der Waals surface area contributed by atoms with Crippen LogP contribution in [-0.2, 0) is 72.9 Å². The van der Waals surface area contributed by atoms with Crippen LogP contribution in [0.3, 0.4) is 0 Å². The average molecular weight is 1020 g/mol. The number of hydrogen-bond donors (Lipinski definition) is 5. The highest BCUT2D eigenvalue weighted by atomic mass is 32.5. The molecular formula is C39H63N9O11P2S2Si2. The van der Waals surface area contributed by atoms with Gasteiger partial charge in [0.2, 0.25) is 5.95 Å². The number of rotatable bonds is 9. The van der Waals surface area contributed by atoms with Gasteiger partial charge in [0, 0.05) is 18.1 Å². The van der Waals surface area contributed by atoms with Crippen LogP contribution in [0.2, 0.25) is 36.3 Å². The number of fused-ring (bicyclic) bond motifs is 4. The van der Waals surface area contributed by atoms with Crippen molar-refractivity contribution in [3.8, 4) is 0 Å².